The highest BCUT2D eigenvalue weighted by Crippen LogP contribution is 2.17. The predicted molar refractivity (Wildman–Crippen MR) is 73.1 cm³/mol. The molecule has 5 heteroatoms. The molecule has 0 aliphatic carbocycles. The smallest absolute Gasteiger partial charge is 0.191 e. The largest absolute Gasteiger partial charge is 0.318 e. The second kappa shape index (κ2) is 8.17. The first-order chi connectivity index (χ1) is 8.62. The zero-order valence-corrected chi connectivity index (χ0v) is 13.6. The molecular weight excluding hydrogens is 248 g/mol. The Morgan fingerprint density at radius 3 is 1.32 bits per heavy atom. The van der Waals surface area contributed by atoms with E-state index in [0.29, 0.717) is 0 Å². The quantitative estimate of drug-likeness (QED) is 0.344. The molecule has 0 aromatic carbocycles. The van der Waals surface area contributed by atoms with E-state index >= 15 is 0 Å². The van der Waals surface area contributed by atoms with Crippen molar-refractivity contribution in [2.24, 2.45) is 0 Å². The maximum Gasteiger partial charge on any atom is 0.191 e. The number of hydrogen-bond donors (Lipinski definition) is 0. The van der Waals surface area contributed by atoms with Gasteiger partial charge < -0.3 is 4.74 Å². The molecule has 0 N–H and O–H groups in total. The van der Waals surface area contributed by atoms with Crippen LogP contribution in [-0.2, 0) is 24.3 Å². The predicted octanol–water partition coefficient (Wildman–Crippen LogP) is 3.97. The third-order valence-corrected chi connectivity index (χ3v) is 2.90. The van der Waals surface area contributed by atoms with Crippen molar-refractivity contribution < 1.29 is 24.3 Å². The average Bonchev–Trinajstić information content (AvgIpc) is 2.34. The van der Waals surface area contributed by atoms with Gasteiger partial charge in [0, 0.05) is 0 Å². The molecule has 0 rings (SSSR count). The fraction of sp³-hybridized carbons (Fsp3) is 1.00. The Morgan fingerprint density at radius 1 is 0.737 bits per heavy atom. The third kappa shape index (κ3) is 9.35. The Balaban J connectivity index is 3.90. The SMILES string of the molecule is CCC(C)(C)OOC(C)OC(C)OOC(C)(C)CC. The van der Waals surface area contributed by atoms with E-state index < -0.39 is 12.6 Å². The Hall–Kier alpha value is -0.200. The van der Waals surface area contributed by atoms with Crippen LogP contribution in [-0.4, -0.2) is 23.8 Å². The Kier molecular flexibility index (Phi) is 8.08. The zero-order chi connectivity index (χ0) is 15.1. The van der Waals surface area contributed by atoms with Crippen LogP contribution in [0.2, 0.25) is 0 Å². The molecule has 0 radical (unpaired) electrons. The van der Waals surface area contributed by atoms with Gasteiger partial charge in [0.15, 0.2) is 12.6 Å². The van der Waals surface area contributed by atoms with Crippen molar-refractivity contribution in [3.63, 3.8) is 0 Å². The summed E-state index contributed by atoms with van der Waals surface area (Å²) in [6.45, 7) is 15.4. The van der Waals surface area contributed by atoms with Gasteiger partial charge in [-0.1, -0.05) is 13.8 Å². The number of rotatable bonds is 10. The summed E-state index contributed by atoms with van der Waals surface area (Å²) >= 11 is 0. The molecule has 0 spiro atoms. The van der Waals surface area contributed by atoms with E-state index in [1.165, 1.54) is 0 Å². The summed E-state index contributed by atoms with van der Waals surface area (Å²) in [6.07, 6.45) is 0.627. The molecule has 0 bridgehead atoms. The lowest BCUT2D eigenvalue weighted by molar-refractivity contribution is -0.468. The molecular formula is C14H30O5. The molecule has 0 saturated heterocycles. The molecule has 116 valence electrons. The van der Waals surface area contributed by atoms with Gasteiger partial charge in [0.05, 0.1) is 11.2 Å². The van der Waals surface area contributed by atoms with Gasteiger partial charge in [0.25, 0.3) is 0 Å². The van der Waals surface area contributed by atoms with E-state index in [4.69, 9.17) is 24.3 Å². The first kappa shape index (κ1) is 18.8. The molecule has 0 amide bonds. The number of hydrogen-bond acceptors (Lipinski definition) is 5. The topological polar surface area (TPSA) is 46.2 Å². The highest BCUT2D eigenvalue weighted by atomic mass is 17.3. The van der Waals surface area contributed by atoms with Gasteiger partial charge in [0.2, 0.25) is 0 Å². The summed E-state index contributed by atoms with van der Waals surface area (Å²) < 4.78 is 5.44. The Morgan fingerprint density at radius 2 is 1.05 bits per heavy atom. The van der Waals surface area contributed by atoms with Crippen LogP contribution in [0.15, 0.2) is 0 Å². The van der Waals surface area contributed by atoms with Crippen LogP contribution in [0.5, 0.6) is 0 Å². The van der Waals surface area contributed by atoms with Crippen molar-refractivity contribution >= 4 is 0 Å². The lowest BCUT2D eigenvalue weighted by Crippen LogP contribution is -2.31. The summed E-state index contributed by atoms with van der Waals surface area (Å²) in [5, 5.41) is 0. The van der Waals surface area contributed by atoms with Gasteiger partial charge in [0.1, 0.15) is 0 Å². The minimum absolute atomic E-state index is 0.331. The highest BCUT2D eigenvalue weighted by Gasteiger charge is 2.22. The van der Waals surface area contributed by atoms with Gasteiger partial charge in [-0.05, 0) is 54.4 Å². The van der Waals surface area contributed by atoms with Crippen LogP contribution >= 0.6 is 0 Å². The second-order valence-corrected chi connectivity index (χ2v) is 5.86. The average molecular weight is 278 g/mol. The van der Waals surface area contributed by atoms with Crippen molar-refractivity contribution in [2.75, 3.05) is 0 Å². The zero-order valence-electron chi connectivity index (χ0n) is 13.6. The molecule has 19 heavy (non-hydrogen) atoms. The molecule has 2 atom stereocenters. The van der Waals surface area contributed by atoms with E-state index in [0.717, 1.165) is 12.8 Å². The van der Waals surface area contributed by atoms with Crippen LogP contribution < -0.4 is 0 Å². The standard InChI is InChI=1S/C14H30O5/c1-9-13(5,6)18-16-11(3)15-12(4)17-19-14(7,8)10-2/h11-12H,9-10H2,1-8H3. The third-order valence-electron chi connectivity index (χ3n) is 2.90. The van der Waals surface area contributed by atoms with Crippen molar-refractivity contribution in [2.45, 2.75) is 92.0 Å². The van der Waals surface area contributed by atoms with Crippen LogP contribution in [0.25, 0.3) is 0 Å². The van der Waals surface area contributed by atoms with Gasteiger partial charge in [-0.15, -0.1) is 0 Å². The van der Waals surface area contributed by atoms with Crippen molar-refractivity contribution in [1.82, 2.24) is 0 Å². The highest BCUT2D eigenvalue weighted by molar-refractivity contribution is 4.62. The summed E-state index contributed by atoms with van der Waals surface area (Å²) in [5.74, 6) is 0. The molecule has 0 saturated carbocycles. The maximum atomic E-state index is 5.44. The summed E-state index contributed by atoms with van der Waals surface area (Å²) in [6, 6.07) is 0. The van der Waals surface area contributed by atoms with Crippen molar-refractivity contribution in [3.05, 3.63) is 0 Å². The fourth-order valence-corrected chi connectivity index (χ4v) is 0.829. The van der Waals surface area contributed by atoms with E-state index in [2.05, 4.69) is 0 Å². The Labute approximate surface area is 117 Å². The monoisotopic (exact) mass is 278 g/mol. The summed E-state index contributed by atoms with van der Waals surface area (Å²) in [5.41, 5.74) is -0.662. The van der Waals surface area contributed by atoms with E-state index in [1.807, 2.05) is 41.5 Å². The second-order valence-electron chi connectivity index (χ2n) is 5.86. The van der Waals surface area contributed by atoms with Gasteiger partial charge in [-0.25, -0.2) is 19.6 Å². The minimum Gasteiger partial charge on any atom is -0.318 e. The molecule has 0 aromatic heterocycles. The molecule has 0 fully saturated rings. The van der Waals surface area contributed by atoms with Gasteiger partial charge >= 0.3 is 0 Å². The van der Waals surface area contributed by atoms with E-state index in [1.54, 1.807) is 13.8 Å². The first-order valence-electron chi connectivity index (χ1n) is 6.96. The Bertz CT molecular complexity index is 216. The van der Waals surface area contributed by atoms with Crippen LogP contribution in [0, 0.1) is 0 Å². The summed E-state index contributed by atoms with van der Waals surface area (Å²) in [7, 11) is 0. The van der Waals surface area contributed by atoms with Crippen LogP contribution in [0.4, 0.5) is 0 Å². The fourth-order valence-electron chi connectivity index (χ4n) is 0.829. The first-order valence-corrected chi connectivity index (χ1v) is 6.96. The summed E-state index contributed by atoms with van der Waals surface area (Å²) in [4.78, 5) is 20.9. The molecule has 2 unspecified atom stereocenters. The molecule has 5 nitrogen and oxygen atoms in total. The molecule has 0 aromatic rings. The van der Waals surface area contributed by atoms with Gasteiger partial charge in [-0.3, -0.25) is 0 Å². The number of ether oxygens (including phenoxy) is 1. The van der Waals surface area contributed by atoms with Crippen molar-refractivity contribution in [1.29, 1.82) is 0 Å². The molecule has 0 aliphatic heterocycles. The normalized spacial score (nSPS) is 16.4. The van der Waals surface area contributed by atoms with E-state index in [-0.39, 0.29) is 11.2 Å². The lowest BCUT2D eigenvalue weighted by atomic mass is 10.1. The minimum atomic E-state index is -0.533. The molecule has 0 aliphatic rings. The van der Waals surface area contributed by atoms with Crippen LogP contribution in [0.1, 0.15) is 68.2 Å². The maximum absolute atomic E-state index is 5.44. The van der Waals surface area contributed by atoms with Crippen molar-refractivity contribution in [3.8, 4) is 0 Å². The lowest BCUT2D eigenvalue weighted by Gasteiger charge is -2.27. The molecule has 0 heterocycles. The van der Waals surface area contributed by atoms with E-state index in [9.17, 15) is 0 Å². The van der Waals surface area contributed by atoms with Crippen LogP contribution in [0.3, 0.4) is 0 Å². The van der Waals surface area contributed by atoms with Gasteiger partial charge in [-0.2, -0.15) is 0 Å².